The lowest BCUT2D eigenvalue weighted by molar-refractivity contribution is 0.0633. The van der Waals surface area contributed by atoms with Gasteiger partial charge in [-0.15, -0.1) is 11.3 Å². The van der Waals surface area contributed by atoms with Gasteiger partial charge in [-0.3, -0.25) is 4.79 Å². The molecule has 2 unspecified atom stereocenters. The standard InChI is InChI=1S/C17H22N2OS/c1-10-4-5-14-13(8-10)15(18)16(21-14)17(20)19-7-6-11(2)12(3)9-19/h4-5,8,11-12H,6-7,9,18H2,1-3H3. The van der Waals surface area contributed by atoms with Crippen LogP contribution in [0.5, 0.6) is 0 Å². The van der Waals surface area contributed by atoms with Crippen LogP contribution in [0.2, 0.25) is 0 Å². The number of hydrogen-bond donors (Lipinski definition) is 1. The first kappa shape index (κ1) is 14.4. The SMILES string of the molecule is Cc1ccc2sc(C(=O)N3CCC(C)C(C)C3)c(N)c2c1. The summed E-state index contributed by atoms with van der Waals surface area (Å²) in [4.78, 5) is 15.5. The first-order valence-corrected chi connectivity index (χ1v) is 8.37. The molecule has 1 aromatic carbocycles. The van der Waals surface area contributed by atoms with Crippen LogP contribution in [0.15, 0.2) is 18.2 Å². The highest BCUT2D eigenvalue weighted by Crippen LogP contribution is 2.36. The van der Waals surface area contributed by atoms with E-state index < -0.39 is 0 Å². The number of nitrogens with zero attached hydrogens (tertiary/aromatic N) is 1. The van der Waals surface area contributed by atoms with E-state index in [1.54, 1.807) is 0 Å². The largest absolute Gasteiger partial charge is 0.397 e. The van der Waals surface area contributed by atoms with Crippen molar-refractivity contribution in [2.24, 2.45) is 11.8 Å². The zero-order valence-electron chi connectivity index (χ0n) is 12.8. The van der Waals surface area contributed by atoms with Crippen molar-refractivity contribution >= 4 is 33.0 Å². The molecule has 2 atom stereocenters. The van der Waals surface area contributed by atoms with Gasteiger partial charge < -0.3 is 10.6 Å². The van der Waals surface area contributed by atoms with E-state index >= 15 is 0 Å². The molecule has 1 amide bonds. The summed E-state index contributed by atoms with van der Waals surface area (Å²) in [6, 6.07) is 6.19. The molecule has 2 heterocycles. The molecule has 0 radical (unpaired) electrons. The molecule has 3 nitrogen and oxygen atoms in total. The van der Waals surface area contributed by atoms with Crippen molar-refractivity contribution in [2.45, 2.75) is 27.2 Å². The summed E-state index contributed by atoms with van der Waals surface area (Å²) in [6.07, 6.45) is 1.08. The van der Waals surface area contributed by atoms with E-state index in [0.717, 1.165) is 29.6 Å². The van der Waals surface area contributed by atoms with Gasteiger partial charge >= 0.3 is 0 Å². The van der Waals surface area contributed by atoms with Gasteiger partial charge in [0.15, 0.2) is 0 Å². The lowest BCUT2D eigenvalue weighted by atomic mass is 9.88. The minimum Gasteiger partial charge on any atom is -0.397 e. The Hall–Kier alpha value is -1.55. The number of piperidine rings is 1. The molecule has 0 aliphatic carbocycles. The van der Waals surface area contributed by atoms with E-state index in [1.165, 1.54) is 16.9 Å². The van der Waals surface area contributed by atoms with E-state index in [2.05, 4.69) is 32.0 Å². The average Bonchev–Trinajstić information content (AvgIpc) is 2.78. The molecule has 1 aliphatic heterocycles. The zero-order valence-corrected chi connectivity index (χ0v) is 13.7. The third-order valence-corrected chi connectivity index (χ3v) is 5.87. The molecular weight excluding hydrogens is 280 g/mol. The maximum atomic E-state index is 12.8. The minimum atomic E-state index is 0.102. The number of rotatable bonds is 1. The van der Waals surface area contributed by atoms with Crippen LogP contribution >= 0.6 is 11.3 Å². The van der Waals surface area contributed by atoms with E-state index in [1.807, 2.05) is 11.8 Å². The Morgan fingerprint density at radius 3 is 2.81 bits per heavy atom. The number of carbonyl (C=O) groups excluding carboxylic acids is 1. The number of likely N-dealkylation sites (tertiary alicyclic amines) is 1. The predicted octanol–water partition coefficient (Wildman–Crippen LogP) is 3.91. The molecule has 0 spiro atoms. The van der Waals surface area contributed by atoms with Gasteiger partial charge in [-0.1, -0.05) is 25.5 Å². The zero-order chi connectivity index (χ0) is 15.1. The highest BCUT2D eigenvalue weighted by atomic mass is 32.1. The molecule has 1 aliphatic rings. The van der Waals surface area contributed by atoms with E-state index in [9.17, 15) is 4.79 Å². The maximum Gasteiger partial charge on any atom is 0.266 e. The number of anilines is 1. The second-order valence-corrected chi connectivity index (χ2v) is 7.39. The third-order valence-electron chi connectivity index (χ3n) is 4.70. The lowest BCUT2D eigenvalue weighted by Gasteiger charge is -2.35. The summed E-state index contributed by atoms with van der Waals surface area (Å²) in [7, 11) is 0. The van der Waals surface area contributed by atoms with Gasteiger partial charge in [0.1, 0.15) is 4.88 Å². The van der Waals surface area contributed by atoms with Gasteiger partial charge in [0.05, 0.1) is 5.69 Å². The van der Waals surface area contributed by atoms with Crippen molar-refractivity contribution in [1.82, 2.24) is 4.90 Å². The van der Waals surface area contributed by atoms with Crippen molar-refractivity contribution < 1.29 is 4.79 Å². The monoisotopic (exact) mass is 302 g/mol. The Balaban J connectivity index is 1.93. The number of fused-ring (bicyclic) bond motifs is 1. The molecule has 0 saturated carbocycles. The van der Waals surface area contributed by atoms with Crippen LogP contribution in [0.4, 0.5) is 5.69 Å². The lowest BCUT2D eigenvalue weighted by Crippen LogP contribution is -2.42. The van der Waals surface area contributed by atoms with Crippen LogP contribution in [0, 0.1) is 18.8 Å². The molecule has 0 bridgehead atoms. The smallest absolute Gasteiger partial charge is 0.266 e. The van der Waals surface area contributed by atoms with E-state index in [4.69, 9.17) is 5.73 Å². The minimum absolute atomic E-state index is 0.102. The van der Waals surface area contributed by atoms with Gasteiger partial charge in [0.25, 0.3) is 5.91 Å². The summed E-state index contributed by atoms with van der Waals surface area (Å²) in [5.41, 5.74) is 8.06. The number of nitrogens with two attached hydrogens (primary N) is 1. The number of hydrogen-bond acceptors (Lipinski definition) is 3. The number of aryl methyl sites for hydroxylation is 1. The second-order valence-electron chi connectivity index (χ2n) is 6.34. The number of benzene rings is 1. The molecule has 1 fully saturated rings. The average molecular weight is 302 g/mol. The Kier molecular flexibility index (Phi) is 3.66. The van der Waals surface area contributed by atoms with Gasteiger partial charge in [-0.2, -0.15) is 0 Å². The second kappa shape index (κ2) is 5.34. The third kappa shape index (κ3) is 2.53. The molecule has 2 aromatic rings. The van der Waals surface area contributed by atoms with Crippen molar-refractivity contribution in [3.63, 3.8) is 0 Å². The summed E-state index contributed by atoms with van der Waals surface area (Å²) in [5.74, 6) is 1.35. The van der Waals surface area contributed by atoms with Crippen molar-refractivity contribution in [3.8, 4) is 0 Å². The first-order valence-electron chi connectivity index (χ1n) is 7.55. The fourth-order valence-electron chi connectivity index (χ4n) is 2.98. The Morgan fingerprint density at radius 2 is 2.10 bits per heavy atom. The van der Waals surface area contributed by atoms with Crippen LogP contribution in [0.25, 0.3) is 10.1 Å². The topological polar surface area (TPSA) is 46.3 Å². The number of amides is 1. The highest BCUT2D eigenvalue weighted by Gasteiger charge is 2.28. The Morgan fingerprint density at radius 1 is 1.33 bits per heavy atom. The first-order chi connectivity index (χ1) is 9.97. The normalized spacial score (nSPS) is 22.7. The van der Waals surface area contributed by atoms with Gasteiger partial charge in [0, 0.05) is 23.2 Å². The molecule has 1 saturated heterocycles. The molecular formula is C17H22N2OS. The van der Waals surface area contributed by atoms with Crippen LogP contribution in [-0.2, 0) is 0 Å². The van der Waals surface area contributed by atoms with Crippen LogP contribution in [0.1, 0.15) is 35.5 Å². The number of nitrogen functional groups attached to an aromatic ring is 1. The number of carbonyl (C=O) groups is 1. The highest BCUT2D eigenvalue weighted by molar-refractivity contribution is 7.21. The molecule has 4 heteroatoms. The summed E-state index contributed by atoms with van der Waals surface area (Å²) in [5, 5.41) is 1.02. The fraction of sp³-hybridized carbons (Fsp3) is 0.471. The molecule has 1 aromatic heterocycles. The predicted molar refractivity (Wildman–Crippen MR) is 89.8 cm³/mol. The van der Waals surface area contributed by atoms with Gasteiger partial charge in [-0.05, 0) is 37.3 Å². The Bertz CT molecular complexity index is 691. The fourth-order valence-corrected chi connectivity index (χ4v) is 4.05. The van der Waals surface area contributed by atoms with Crippen LogP contribution in [0.3, 0.4) is 0 Å². The Labute approximate surface area is 129 Å². The molecule has 3 rings (SSSR count). The van der Waals surface area contributed by atoms with E-state index in [0.29, 0.717) is 22.4 Å². The van der Waals surface area contributed by atoms with Crippen molar-refractivity contribution in [3.05, 3.63) is 28.6 Å². The van der Waals surface area contributed by atoms with Crippen molar-refractivity contribution in [1.29, 1.82) is 0 Å². The van der Waals surface area contributed by atoms with E-state index in [-0.39, 0.29) is 5.91 Å². The van der Waals surface area contributed by atoms with Gasteiger partial charge in [-0.25, -0.2) is 0 Å². The maximum absolute atomic E-state index is 12.8. The number of thiophene rings is 1. The molecule has 112 valence electrons. The summed E-state index contributed by atoms with van der Waals surface area (Å²) >= 11 is 1.52. The van der Waals surface area contributed by atoms with Gasteiger partial charge in [0.2, 0.25) is 0 Å². The summed E-state index contributed by atoms with van der Waals surface area (Å²) in [6.45, 7) is 8.22. The van der Waals surface area contributed by atoms with Crippen molar-refractivity contribution in [2.75, 3.05) is 18.8 Å². The summed E-state index contributed by atoms with van der Waals surface area (Å²) < 4.78 is 1.10. The van der Waals surface area contributed by atoms with Crippen LogP contribution < -0.4 is 5.73 Å². The quantitative estimate of drug-likeness (QED) is 0.868. The van der Waals surface area contributed by atoms with Crippen LogP contribution in [-0.4, -0.2) is 23.9 Å². The molecule has 21 heavy (non-hydrogen) atoms. The molecule has 2 N–H and O–H groups in total.